The van der Waals surface area contributed by atoms with E-state index in [1.807, 2.05) is 37.4 Å². The van der Waals surface area contributed by atoms with Gasteiger partial charge in [-0.2, -0.15) is 0 Å². The second-order valence-electron chi connectivity index (χ2n) is 5.17. The molecular formula is C16H15ClN4OS2. The molecule has 0 saturated carbocycles. The molecule has 124 valence electrons. The number of thioether (sulfide) groups is 1. The normalized spacial score (nSPS) is 12.3. The maximum atomic E-state index is 12.8. The fourth-order valence-corrected chi connectivity index (χ4v) is 3.75. The third kappa shape index (κ3) is 3.24. The highest BCUT2D eigenvalue weighted by atomic mass is 35.5. The summed E-state index contributed by atoms with van der Waals surface area (Å²) in [5.74, 6) is -0.246. The van der Waals surface area contributed by atoms with Gasteiger partial charge in [0.2, 0.25) is 0 Å². The lowest BCUT2D eigenvalue weighted by atomic mass is 10.2. The van der Waals surface area contributed by atoms with E-state index in [4.69, 9.17) is 11.6 Å². The lowest BCUT2D eigenvalue weighted by Gasteiger charge is -2.23. The van der Waals surface area contributed by atoms with Crippen LogP contribution in [0.1, 0.15) is 28.5 Å². The van der Waals surface area contributed by atoms with Gasteiger partial charge in [0.25, 0.3) is 5.91 Å². The molecule has 1 aromatic carbocycles. The molecule has 0 saturated heterocycles. The zero-order valence-electron chi connectivity index (χ0n) is 13.4. The Bertz CT molecular complexity index is 866. The number of hydrogen-bond donors (Lipinski definition) is 0. The number of aromatic nitrogens is 3. The van der Waals surface area contributed by atoms with E-state index in [2.05, 4.69) is 15.0 Å². The summed E-state index contributed by atoms with van der Waals surface area (Å²) in [5, 5.41) is 1.65. The first-order valence-electron chi connectivity index (χ1n) is 7.20. The van der Waals surface area contributed by atoms with Gasteiger partial charge in [-0.1, -0.05) is 35.5 Å². The van der Waals surface area contributed by atoms with E-state index in [1.54, 1.807) is 23.3 Å². The molecule has 24 heavy (non-hydrogen) atoms. The monoisotopic (exact) mass is 378 g/mol. The highest BCUT2D eigenvalue weighted by Crippen LogP contribution is 2.30. The Hall–Kier alpha value is -1.70. The average molecular weight is 379 g/mol. The molecule has 1 atom stereocenters. The Kier molecular flexibility index (Phi) is 5.03. The largest absolute Gasteiger partial charge is 0.331 e. The summed E-state index contributed by atoms with van der Waals surface area (Å²) in [6.45, 7) is 1.94. The summed E-state index contributed by atoms with van der Waals surface area (Å²) >= 11 is 9.06. The molecule has 3 rings (SSSR count). The van der Waals surface area contributed by atoms with E-state index in [9.17, 15) is 4.79 Å². The molecule has 0 aliphatic rings. The second kappa shape index (κ2) is 7.04. The standard InChI is InChI=1S/C16H15ClN4OS2/c1-9(14-19-11-6-4-5-7-12(11)24-14)21(2)15(22)13-10(17)8-18-16(20-13)23-3/h4-9H,1-3H3. The maximum absolute atomic E-state index is 12.8. The Balaban J connectivity index is 1.89. The molecule has 0 fully saturated rings. The summed E-state index contributed by atoms with van der Waals surface area (Å²) in [6.07, 6.45) is 3.31. The van der Waals surface area contributed by atoms with Crippen LogP contribution in [0.25, 0.3) is 10.2 Å². The fourth-order valence-electron chi connectivity index (χ4n) is 2.18. The molecule has 0 bridgehead atoms. The van der Waals surface area contributed by atoms with Crippen LogP contribution in [0, 0.1) is 0 Å². The highest BCUT2D eigenvalue weighted by molar-refractivity contribution is 7.98. The predicted molar refractivity (Wildman–Crippen MR) is 99.0 cm³/mol. The van der Waals surface area contributed by atoms with E-state index in [0.717, 1.165) is 15.2 Å². The number of thiazole rings is 1. The smallest absolute Gasteiger partial charge is 0.274 e. The van der Waals surface area contributed by atoms with Gasteiger partial charge in [0.1, 0.15) is 5.01 Å². The maximum Gasteiger partial charge on any atom is 0.274 e. The van der Waals surface area contributed by atoms with Crippen molar-refractivity contribution in [3.63, 3.8) is 0 Å². The number of fused-ring (bicyclic) bond motifs is 1. The van der Waals surface area contributed by atoms with E-state index < -0.39 is 0 Å². The van der Waals surface area contributed by atoms with Gasteiger partial charge < -0.3 is 4.90 Å². The molecule has 0 N–H and O–H groups in total. The topological polar surface area (TPSA) is 59.0 Å². The van der Waals surface area contributed by atoms with Gasteiger partial charge in [0, 0.05) is 7.05 Å². The first kappa shape index (κ1) is 17.1. The quantitative estimate of drug-likeness (QED) is 0.500. The number of halogens is 1. The van der Waals surface area contributed by atoms with Crippen LogP contribution in [-0.2, 0) is 0 Å². The minimum Gasteiger partial charge on any atom is -0.331 e. The summed E-state index contributed by atoms with van der Waals surface area (Å²) < 4.78 is 1.10. The Morgan fingerprint density at radius 3 is 2.79 bits per heavy atom. The van der Waals surface area contributed by atoms with E-state index in [1.165, 1.54) is 18.0 Å². The van der Waals surface area contributed by atoms with Crippen molar-refractivity contribution in [1.29, 1.82) is 0 Å². The highest BCUT2D eigenvalue weighted by Gasteiger charge is 2.25. The van der Waals surface area contributed by atoms with E-state index >= 15 is 0 Å². The molecule has 0 spiro atoms. The number of carbonyl (C=O) groups is 1. The summed E-state index contributed by atoms with van der Waals surface area (Å²) in [4.78, 5) is 27.3. The van der Waals surface area contributed by atoms with Crippen LogP contribution in [-0.4, -0.2) is 39.1 Å². The van der Waals surface area contributed by atoms with Crippen molar-refractivity contribution >= 4 is 50.8 Å². The van der Waals surface area contributed by atoms with Gasteiger partial charge in [-0.25, -0.2) is 15.0 Å². The molecule has 0 aliphatic heterocycles. The molecule has 0 radical (unpaired) electrons. The van der Waals surface area contributed by atoms with Crippen LogP contribution in [0.4, 0.5) is 0 Å². The Labute approximate surface area is 153 Å². The van der Waals surface area contributed by atoms with Crippen LogP contribution >= 0.6 is 34.7 Å². The Morgan fingerprint density at radius 1 is 1.33 bits per heavy atom. The van der Waals surface area contributed by atoms with Gasteiger partial charge in [0.15, 0.2) is 10.9 Å². The number of rotatable bonds is 4. The zero-order valence-corrected chi connectivity index (χ0v) is 15.7. The van der Waals surface area contributed by atoms with Crippen molar-refractivity contribution in [3.8, 4) is 0 Å². The minimum absolute atomic E-state index is 0.182. The van der Waals surface area contributed by atoms with Gasteiger partial charge in [-0.05, 0) is 25.3 Å². The molecule has 2 aromatic heterocycles. The third-order valence-corrected chi connectivity index (χ3v) is 5.72. The number of nitrogens with zero attached hydrogens (tertiary/aromatic N) is 4. The third-order valence-electron chi connectivity index (χ3n) is 3.68. The van der Waals surface area contributed by atoms with Crippen LogP contribution in [0.2, 0.25) is 5.02 Å². The number of para-hydroxylation sites is 1. The minimum atomic E-state index is -0.246. The second-order valence-corrected chi connectivity index (χ2v) is 7.41. The molecular weight excluding hydrogens is 364 g/mol. The van der Waals surface area contributed by atoms with Crippen molar-refractivity contribution in [2.75, 3.05) is 13.3 Å². The van der Waals surface area contributed by atoms with Crippen LogP contribution < -0.4 is 0 Å². The molecule has 3 aromatic rings. The van der Waals surface area contributed by atoms with Gasteiger partial charge in [0.05, 0.1) is 27.5 Å². The summed E-state index contributed by atoms with van der Waals surface area (Å²) in [5.41, 5.74) is 1.15. The lowest BCUT2D eigenvalue weighted by Crippen LogP contribution is -2.30. The molecule has 1 unspecified atom stereocenters. The number of hydrogen-bond acceptors (Lipinski definition) is 6. The van der Waals surface area contributed by atoms with Crippen molar-refractivity contribution < 1.29 is 4.79 Å². The zero-order chi connectivity index (χ0) is 17.3. The van der Waals surface area contributed by atoms with Gasteiger partial charge in [-0.3, -0.25) is 4.79 Å². The molecule has 5 nitrogen and oxygen atoms in total. The first-order valence-corrected chi connectivity index (χ1v) is 9.62. The van der Waals surface area contributed by atoms with Crippen LogP contribution in [0.15, 0.2) is 35.6 Å². The van der Waals surface area contributed by atoms with Gasteiger partial charge in [-0.15, -0.1) is 11.3 Å². The molecule has 2 heterocycles. The predicted octanol–water partition coefficient (Wildman–Crippen LogP) is 4.29. The molecule has 0 aliphatic carbocycles. The fraction of sp³-hybridized carbons (Fsp3) is 0.250. The first-order chi connectivity index (χ1) is 11.5. The summed E-state index contributed by atoms with van der Waals surface area (Å²) in [6, 6.07) is 7.75. The van der Waals surface area contributed by atoms with Crippen LogP contribution in [0.5, 0.6) is 0 Å². The van der Waals surface area contributed by atoms with Crippen molar-refractivity contribution in [2.24, 2.45) is 0 Å². The molecule has 8 heteroatoms. The number of benzene rings is 1. The molecule has 1 amide bonds. The number of amides is 1. The van der Waals surface area contributed by atoms with Crippen molar-refractivity contribution in [2.45, 2.75) is 18.1 Å². The van der Waals surface area contributed by atoms with Crippen molar-refractivity contribution in [3.05, 3.63) is 46.2 Å². The van der Waals surface area contributed by atoms with Crippen LogP contribution in [0.3, 0.4) is 0 Å². The SMILES string of the molecule is CSc1ncc(Cl)c(C(=O)N(C)C(C)c2nc3ccccc3s2)n1. The number of carbonyl (C=O) groups excluding carboxylic acids is 1. The van der Waals surface area contributed by atoms with Crippen molar-refractivity contribution in [1.82, 2.24) is 19.9 Å². The lowest BCUT2D eigenvalue weighted by molar-refractivity contribution is 0.0735. The van der Waals surface area contributed by atoms with E-state index in [0.29, 0.717) is 5.16 Å². The Morgan fingerprint density at radius 2 is 2.08 bits per heavy atom. The average Bonchev–Trinajstić information content (AvgIpc) is 3.04. The van der Waals surface area contributed by atoms with Gasteiger partial charge >= 0.3 is 0 Å². The summed E-state index contributed by atoms with van der Waals surface area (Å²) in [7, 11) is 1.73. The van der Waals surface area contributed by atoms with E-state index in [-0.39, 0.29) is 22.7 Å².